The van der Waals surface area contributed by atoms with Gasteiger partial charge >= 0.3 is 0 Å². The number of hydrogen-bond acceptors (Lipinski definition) is 4. The highest BCUT2D eigenvalue weighted by molar-refractivity contribution is 5.85. The van der Waals surface area contributed by atoms with Crippen molar-refractivity contribution in [3.63, 3.8) is 0 Å². The quantitative estimate of drug-likeness (QED) is 0.724. The number of aromatic nitrogens is 2. The fraction of sp³-hybridized carbons (Fsp3) is 0.667. The smallest absolute Gasteiger partial charge is 0.155 e. The monoisotopic (exact) mass is 237 g/mol. The van der Waals surface area contributed by atoms with Crippen molar-refractivity contribution in [2.75, 3.05) is 24.7 Å². The largest absolute Gasteiger partial charge is 0.377 e. The van der Waals surface area contributed by atoms with E-state index in [1.54, 1.807) is 4.68 Å². The Kier molecular flexibility index (Phi) is 2.95. The van der Waals surface area contributed by atoms with Crippen LogP contribution in [0, 0.1) is 6.92 Å². The lowest BCUT2D eigenvalue weighted by Gasteiger charge is -2.43. The zero-order chi connectivity index (χ0) is 12.6. The SMILES string of the molecule is Cc1nn(C)c(N2CCOCC2(C)C)c1C=O. The van der Waals surface area contributed by atoms with Gasteiger partial charge in [-0.15, -0.1) is 0 Å². The molecule has 0 N–H and O–H groups in total. The fourth-order valence-electron chi connectivity index (χ4n) is 2.37. The van der Waals surface area contributed by atoms with Crippen LogP contribution in [-0.4, -0.2) is 41.4 Å². The van der Waals surface area contributed by atoms with E-state index in [1.807, 2.05) is 14.0 Å². The van der Waals surface area contributed by atoms with Crippen molar-refractivity contribution < 1.29 is 9.53 Å². The lowest BCUT2D eigenvalue weighted by atomic mass is 10.0. The zero-order valence-corrected chi connectivity index (χ0v) is 10.9. The molecule has 5 nitrogen and oxygen atoms in total. The van der Waals surface area contributed by atoms with Crippen LogP contribution in [0.5, 0.6) is 0 Å². The maximum Gasteiger partial charge on any atom is 0.155 e. The van der Waals surface area contributed by atoms with E-state index in [9.17, 15) is 4.79 Å². The topological polar surface area (TPSA) is 47.4 Å². The second-order valence-corrected chi connectivity index (χ2v) is 5.08. The van der Waals surface area contributed by atoms with Gasteiger partial charge in [-0.05, 0) is 20.8 Å². The first-order valence-electron chi connectivity index (χ1n) is 5.81. The maximum atomic E-state index is 11.2. The van der Waals surface area contributed by atoms with Crippen molar-refractivity contribution in [3.05, 3.63) is 11.3 Å². The average Bonchev–Trinajstić information content (AvgIpc) is 2.52. The number of ether oxygens (including phenoxy) is 1. The molecule has 0 atom stereocenters. The van der Waals surface area contributed by atoms with Gasteiger partial charge in [0.05, 0.1) is 30.0 Å². The first-order chi connectivity index (χ1) is 7.97. The van der Waals surface area contributed by atoms with Crippen LogP contribution in [-0.2, 0) is 11.8 Å². The third kappa shape index (κ3) is 1.95. The molecule has 1 aliphatic heterocycles. The number of morpholine rings is 1. The van der Waals surface area contributed by atoms with Crippen LogP contribution in [0.15, 0.2) is 0 Å². The van der Waals surface area contributed by atoms with Gasteiger partial charge in [-0.3, -0.25) is 9.48 Å². The minimum atomic E-state index is -0.115. The van der Waals surface area contributed by atoms with Crippen molar-refractivity contribution in [2.45, 2.75) is 26.3 Å². The fourth-order valence-corrected chi connectivity index (χ4v) is 2.37. The summed E-state index contributed by atoms with van der Waals surface area (Å²) in [4.78, 5) is 13.4. The summed E-state index contributed by atoms with van der Waals surface area (Å²) < 4.78 is 7.28. The van der Waals surface area contributed by atoms with Crippen LogP contribution in [0.1, 0.15) is 29.9 Å². The van der Waals surface area contributed by atoms with Crippen LogP contribution < -0.4 is 4.90 Å². The number of rotatable bonds is 2. The summed E-state index contributed by atoms with van der Waals surface area (Å²) in [7, 11) is 1.88. The summed E-state index contributed by atoms with van der Waals surface area (Å²) in [6, 6.07) is 0. The van der Waals surface area contributed by atoms with Crippen LogP contribution in [0.3, 0.4) is 0 Å². The molecule has 1 saturated heterocycles. The maximum absolute atomic E-state index is 11.2. The molecule has 1 aromatic rings. The van der Waals surface area contributed by atoms with E-state index in [0.29, 0.717) is 18.8 Å². The molecule has 2 rings (SSSR count). The van der Waals surface area contributed by atoms with Crippen molar-refractivity contribution in [3.8, 4) is 0 Å². The minimum absolute atomic E-state index is 0.115. The van der Waals surface area contributed by atoms with Crippen LogP contribution >= 0.6 is 0 Å². The Morgan fingerprint density at radius 1 is 1.47 bits per heavy atom. The van der Waals surface area contributed by atoms with Gasteiger partial charge in [0.15, 0.2) is 6.29 Å². The second-order valence-electron chi connectivity index (χ2n) is 5.08. The Labute approximate surface area is 101 Å². The second kappa shape index (κ2) is 4.14. The molecule has 94 valence electrons. The number of carbonyl (C=O) groups is 1. The van der Waals surface area contributed by atoms with Crippen molar-refractivity contribution in [1.29, 1.82) is 0 Å². The molecule has 0 saturated carbocycles. The molecule has 0 unspecified atom stereocenters. The van der Waals surface area contributed by atoms with E-state index >= 15 is 0 Å². The van der Waals surface area contributed by atoms with Crippen molar-refractivity contribution >= 4 is 12.1 Å². The molecule has 0 bridgehead atoms. The van der Waals surface area contributed by atoms with Crippen molar-refractivity contribution in [2.24, 2.45) is 7.05 Å². The van der Waals surface area contributed by atoms with Gasteiger partial charge < -0.3 is 9.64 Å². The summed E-state index contributed by atoms with van der Waals surface area (Å²) >= 11 is 0. The third-order valence-electron chi connectivity index (χ3n) is 3.26. The summed E-state index contributed by atoms with van der Waals surface area (Å²) in [5.41, 5.74) is 1.35. The highest BCUT2D eigenvalue weighted by atomic mass is 16.5. The molecule has 1 aliphatic rings. The van der Waals surface area contributed by atoms with E-state index in [1.165, 1.54) is 0 Å². The molecule has 1 fully saturated rings. The van der Waals surface area contributed by atoms with Gasteiger partial charge in [-0.25, -0.2) is 0 Å². The minimum Gasteiger partial charge on any atom is -0.377 e. The van der Waals surface area contributed by atoms with Gasteiger partial charge in [0.2, 0.25) is 0 Å². The summed E-state index contributed by atoms with van der Waals surface area (Å²) in [6.07, 6.45) is 0.892. The van der Waals surface area contributed by atoms with Gasteiger partial charge in [0, 0.05) is 13.6 Å². The van der Waals surface area contributed by atoms with Crippen LogP contribution in [0.2, 0.25) is 0 Å². The Balaban J connectivity index is 2.48. The number of anilines is 1. The Morgan fingerprint density at radius 2 is 2.18 bits per heavy atom. The van der Waals surface area contributed by atoms with E-state index in [2.05, 4.69) is 23.8 Å². The summed E-state index contributed by atoms with van der Waals surface area (Å²) in [6.45, 7) is 8.22. The Morgan fingerprint density at radius 3 is 2.76 bits per heavy atom. The molecule has 2 heterocycles. The highest BCUT2D eigenvalue weighted by Crippen LogP contribution is 2.30. The predicted molar refractivity (Wildman–Crippen MR) is 65.6 cm³/mol. The third-order valence-corrected chi connectivity index (χ3v) is 3.26. The molecule has 0 aliphatic carbocycles. The average molecular weight is 237 g/mol. The van der Waals surface area contributed by atoms with E-state index in [0.717, 1.165) is 24.3 Å². The number of aldehydes is 1. The molecular formula is C12H19N3O2. The van der Waals surface area contributed by atoms with Gasteiger partial charge in [-0.1, -0.05) is 0 Å². The van der Waals surface area contributed by atoms with Gasteiger partial charge in [0.25, 0.3) is 0 Å². The lowest BCUT2D eigenvalue weighted by Crippen LogP contribution is -2.54. The molecule has 0 spiro atoms. The van der Waals surface area contributed by atoms with Gasteiger partial charge in [0.1, 0.15) is 5.82 Å². The van der Waals surface area contributed by atoms with Crippen molar-refractivity contribution in [1.82, 2.24) is 9.78 Å². The normalized spacial score (nSPS) is 19.4. The number of nitrogens with zero attached hydrogens (tertiary/aromatic N) is 3. The lowest BCUT2D eigenvalue weighted by molar-refractivity contribution is 0.0633. The Bertz CT molecular complexity index is 437. The van der Waals surface area contributed by atoms with E-state index in [4.69, 9.17) is 4.74 Å². The summed E-state index contributed by atoms with van der Waals surface area (Å²) in [5.74, 6) is 0.894. The predicted octanol–water partition coefficient (Wildman–Crippen LogP) is 1.16. The number of carbonyl (C=O) groups excluding carboxylic acids is 1. The van der Waals surface area contributed by atoms with Gasteiger partial charge in [-0.2, -0.15) is 5.10 Å². The number of hydrogen-bond donors (Lipinski definition) is 0. The van der Waals surface area contributed by atoms with E-state index < -0.39 is 0 Å². The number of aryl methyl sites for hydroxylation is 2. The zero-order valence-electron chi connectivity index (χ0n) is 10.9. The standard InChI is InChI=1S/C12H19N3O2/c1-9-10(7-16)11(14(4)13-9)15-5-6-17-8-12(15,2)3/h7H,5-6,8H2,1-4H3. The molecule has 0 amide bonds. The molecule has 0 aromatic carbocycles. The first-order valence-corrected chi connectivity index (χ1v) is 5.81. The molecule has 17 heavy (non-hydrogen) atoms. The van der Waals surface area contributed by atoms with Crippen LogP contribution in [0.25, 0.3) is 0 Å². The molecule has 5 heteroatoms. The van der Waals surface area contributed by atoms with Crippen LogP contribution in [0.4, 0.5) is 5.82 Å². The van der Waals surface area contributed by atoms with E-state index in [-0.39, 0.29) is 5.54 Å². The molecule has 0 radical (unpaired) electrons. The molecule has 1 aromatic heterocycles. The highest BCUT2D eigenvalue weighted by Gasteiger charge is 2.34. The molecular weight excluding hydrogens is 218 g/mol. The first kappa shape index (κ1) is 12.1. The summed E-state index contributed by atoms with van der Waals surface area (Å²) in [5, 5.41) is 4.33. The Hall–Kier alpha value is -1.36.